The van der Waals surface area contributed by atoms with E-state index in [1.165, 1.54) is 36.8 Å². The van der Waals surface area contributed by atoms with Crippen LogP contribution in [-0.4, -0.2) is 41.5 Å². The van der Waals surface area contributed by atoms with Crippen LogP contribution in [0.3, 0.4) is 0 Å². The molecule has 2 heterocycles. The topological polar surface area (TPSA) is 146 Å². The SMILES string of the molecule is CNS(=O)(=O)c1cccc(Nc2cc(Nc3nc(CC(=O)O)cs3)ncn2)c1. The van der Waals surface area contributed by atoms with Crippen LogP contribution in [0.15, 0.2) is 46.9 Å². The van der Waals surface area contributed by atoms with Gasteiger partial charge in [-0.15, -0.1) is 11.3 Å². The van der Waals surface area contributed by atoms with Crippen LogP contribution in [0.2, 0.25) is 0 Å². The van der Waals surface area contributed by atoms with Crippen LogP contribution in [0.4, 0.5) is 22.5 Å². The lowest BCUT2D eigenvalue weighted by Crippen LogP contribution is -2.18. The normalized spacial score (nSPS) is 11.2. The van der Waals surface area contributed by atoms with E-state index in [2.05, 4.69) is 30.3 Å². The Hall–Kier alpha value is -3.09. The first-order chi connectivity index (χ1) is 13.4. The Kier molecular flexibility index (Phi) is 5.82. The van der Waals surface area contributed by atoms with Gasteiger partial charge < -0.3 is 15.7 Å². The van der Waals surface area contributed by atoms with Crippen molar-refractivity contribution < 1.29 is 18.3 Å². The third kappa shape index (κ3) is 5.00. The number of anilines is 4. The Morgan fingerprint density at radius 1 is 1.18 bits per heavy atom. The minimum Gasteiger partial charge on any atom is -0.481 e. The quantitative estimate of drug-likeness (QED) is 0.429. The zero-order valence-electron chi connectivity index (χ0n) is 14.6. The van der Waals surface area contributed by atoms with Crippen molar-refractivity contribution in [2.45, 2.75) is 11.3 Å². The van der Waals surface area contributed by atoms with Crippen LogP contribution in [-0.2, 0) is 21.2 Å². The molecule has 146 valence electrons. The Balaban J connectivity index is 1.74. The molecule has 0 spiro atoms. The number of hydrogen-bond acceptors (Lipinski definition) is 9. The van der Waals surface area contributed by atoms with Crippen LogP contribution < -0.4 is 15.4 Å². The number of benzene rings is 1. The van der Waals surface area contributed by atoms with E-state index in [1.54, 1.807) is 23.6 Å². The zero-order chi connectivity index (χ0) is 20.1. The van der Waals surface area contributed by atoms with Crippen molar-refractivity contribution >= 4 is 49.8 Å². The van der Waals surface area contributed by atoms with Crippen LogP contribution in [0.25, 0.3) is 0 Å². The monoisotopic (exact) mass is 420 g/mol. The Bertz CT molecular complexity index is 1100. The van der Waals surface area contributed by atoms with Gasteiger partial charge in [0.2, 0.25) is 10.0 Å². The van der Waals surface area contributed by atoms with E-state index in [4.69, 9.17) is 5.11 Å². The second-order valence-corrected chi connectivity index (χ2v) is 8.23. The van der Waals surface area contributed by atoms with Crippen molar-refractivity contribution in [1.82, 2.24) is 19.7 Å². The minimum absolute atomic E-state index is 0.126. The molecule has 0 aliphatic carbocycles. The maximum atomic E-state index is 11.9. The average Bonchev–Trinajstić information content (AvgIpc) is 3.08. The summed E-state index contributed by atoms with van der Waals surface area (Å²) >= 11 is 1.26. The molecule has 1 aromatic carbocycles. The molecule has 0 fully saturated rings. The lowest BCUT2D eigenvalue weighted by Gasteiger charge is -2.09. The van der Waals surface area contributed by atoms with Gasteiger partial charge in [-0.3, -0.25) is 4.79 Å². The molecule has 2 aromatic heterocycles. The smallest absolute Gasteiger partial charge is 0.309 e. The van der Waals surface area contributed by atoms with E-state index in [0.717, 1.165) is 0 Å². The fraction of sp³-hybridized carbons (Fsp3) is 0.125. The molecule has 3 aromatic rings. The van der Waals surface area contributed by atoms with Gasteiger partial charge in [-0.05, 0) is 25.2 Å². The average molecular weight is 420 g/mol. The van der Waals surface area contributed by atoms with Gasteiger partial charge in [0.1, 0.15) is 18.0 Å². The summed E-state index contributed by atoms with van der Waals surface area (Å²) in [5.41, 5.74) is 0.994. The molecule has 0 saturated carbocycles. The van der Waals surface area contributed by atoms with E-state index in [9.17, 15) is 13.2 Å². The van der Waals surface area contributed by atoms with Crippen molar-refractivity contribution in [3.63, 3.8) is 0 Å². The number of nitrogens with one attached hydrogen (secondary N) is 3. The van der Waals surface area contributed by atoms with E-state index < -0.39 is 16.0 Å². The van der Waals surface area contributed by atoms with Gasteiger partial charge in [0.05, 0.1) is 17.0 Å². The summed E-state index contributed by atoms with van der Waals surface area (Å²) in [5, 5.41) is 17.0. The Morgan fingerprint density at radius 3 is 2.64 bits per heavy atom. The first kappa shape index (κ1) is 19.7. The highest BCUT2D eigenvalue weighted by Gasteiger charge is 2.12. The van der Waals surface area contributed by atoms with Crippen molar-refractivity contribution in [3.05, 3.63) is 47.7 Å². The summed E-state index contributed by atoms with van der Waals surface area (Å²) in [5.74, 6) is -0.0561. The van der Waals surface area contributed by atoms with Gasteiger partial charge in [0, 0.05) is 17.1 Å². The van der Waals surface area contributed by atoms with Crippen LogP contribution in [0.5, 0.6) is 0 Å². The number of aliphatic carboxylic acids is 1. The molecular weight excluding hydrogens is 404 g/mol. The maximum absolute atomic E-state index is 11.9. The van der Waals surface area contributed by atoms with E-state index in [0.29, 0.717) is 28.1 Å². The number of carboxylic acid groups (broad SMARTS) is 1. The fourth-order valence-corrected chi connectivity index (χ4v) is 3.70. The summed E-state index contributed by atoms with van der Waals surface area (Å²) in [4.78, 5) is 23.2. The second-order valence-electron chi connectivity index (χ2n) is 5.49. The molecule has 0 aliphatic heterocycles. The van der Waals surface area contributed by atoms with E-state index in [-0.39, 0.29) is 11.3 Å². The van der Waals surface area contributed by atoms with Crippen molar-refractivity contribution in [3.8, 4) is 0 Å². The fourth-order valence-electron chi connectivity index (χ4n) is 2.21. The molecule has 0 saturated heterocycles. The number of hydrogen-bond donors (Lipinski definition) is 4. The first-order valence-corrected chi connectivity index (χ1v) is 10.3. The highest BCUT2D eigenvalue weighted by Crippen LogP contribution is 2.23. The Labute approximate surface area is 164 Å². The second kappa shape index (κ2) is 8.29. The lowest BCUT2D eigenvalue weighted by atomic mass is 10.3. The molecule has 3 rings (SSSR count). The molecule has 0 amide bonds. The van der Waals surface area contributed by atoms with Crippen LogP contribution in [0, 0.1) is 0 Å². The maximum Gasteiger partial charge on any atom is 0.309 e. The van der Waals surface area contributed by atoms with Crippen molar-refractivity contribution in [1.29, 1.82) is 0 Å². The predicted molar refractivity (Wildman–Crippen MR) is 105 cm³/mol. The molecule has 4 N–H and O–H groups in total. The van der Waals surface area contributed by atoms with Gasteiger partial charge >= 0.3 is 5.97 Å². The van der Waals surface area contributed by atoms with E-state index in [1.807, 2.05) is 0 Å². The summed E-state index contributed by atoms with van der Waals surface area (Å²) < 4.78 is 26.1. The number of rotatable bonds is 8. The van der Waals surface area contributed by atoms with Crippen LogP contribution >= 0.6 is 11.3 Å². The highest BCUT2D eigenvalue weighted by molar-refractivity contribution is 7.89. The molecule has 0 radical (unpaired) electrons. The summed E-state index contributed by atoms with van der Waals surface area (Å²) in [6.07, 6.45) is 1.19. The highest BCUT2D eigenvalue weighted by atomic mass is 32.2. The van der Waals surface area contributed by atoms with Crippen molar-refractivity contribution in [2.75, 3.05) is 17.7 Å². The lowest BCUT2D eigenvalue weighted by molar-refractivity contribution is -0.136. The van der Waals surface area contributed by atoms with Gasteiger partial charge in [0.25, 0.3) is 0 Å². The van der Waals surface area contributed by atoms with Gasteiger partial charge in [-0.2, -0.15) is 0 Å². The molecule has 0 atom stereocenters. The number of nitrogens with zero attached hydrogens (tertiary/aromatic N) is 3. The number of carbonyl (C=O) groups is 1. The molecule has 28 heavy (non-hydrogen) atoms. The summed E-state index contributed by atoms with van der Waals surface area (Å²) in [6.45, 7) is 0. The van der Waals surface area contributed by atoms with Crippen molar-refractivity contribution in [2.24, 2.45) is 0 Å². The number of aromatic nitrogens is 3. The van der Waals surface area contributed by atoms with Gasteiger partial charge in [0.15, 0.2) is 5.13 Å². The Morgan fingerprint density at radius 2 is 1.93 bits per heavy atom. The molecule has 0 aliphatic rings. The van der Waals surface area contributed by atoms with Gasteiger partial charge in [-0.1, -0.05) is 6.07 Å². The first-order valence-electron chi connectivity index (χ1n) is 7.91. The zero-order valence-corrected chi connectivity index (χ0v) is 16.2. The molecule has 0 unspecified atom stereocenters. The molecule has 0 bridgehead atoms. The molecule has 12 heteroatoms. The standard InChI is InChI=1S/C16H16N6O4S2/c1-17-28(25,26)12-4-2-3-10(5-12)20-13-7-14(19-9-18-13)22-16-21-11(8-27-16)6-15(23)24/h2-5,7-9,17H,6H2,1H3,(H,23,24)(H2,18,19,20,21,22). The molecule has 10 nitrogen and oxygen atoms in total. The van der Waals surface area contributed by atoms with Gasteiger partial charge in [-0.25, -0.2) is 28.1 Å². The number of sulfonamides is 1. The number of carboxylic acids is 1. The largest absolute Gasteiger partial charge is 0.481 e. The third-order valence-corrected chi connectivity index (χ3v) is 5.69. The summed E-state index contributed by atoms with van der Waals surface area (Å²) in [6, 6.07) is 7.92. The predicted octanol–water partition coefficient (Wildman–Crippen LogP) is 1.96. The number of thiazole rings is 1. The van der Waals surface area contributed by atoms with Crippen LogP contribution in [0.1, 0.15) is 5.69 Å². The van der Waals surface area contributed by atoms with E-state index >= 15 is 0 Å². The minimum atomic E-state index is -3.55. The summed E-state index contributed by atoms with van der Waals surface area (Å²) in [7, 11) is -2.21. The third-order valence-electron chi connectivity index (χ3n) is 3.47. The molecular formula is C16H16N6O4S2.